The van der Waals surface area contributed by atoms with Crippen LogP contribution in [0.4, 0.5) is 5.13 Å². The summed E-state index contributed by atoms with van der Waals surface area (Å²) in [6.07, 6.45) is 0.664. The van der Waals surface area contributed by atoms with E-state index in [0.717, 1.165) is 10.6 Å². The van der Waals surface area contributed by atoms with E-state index in [1.165, 1.54) is 22.7 Å². The molecule has 2 amide bonds. The molecule has 5 rings (SSSR count). The van der Waals surface area contributed by atoms with Crippen LogP contribution in [0, 0.1) is 0 Å². The van der Waals surface area contributed by atoms with Crippen molar-refractivity contribution < 1.29 is 19.1 Å². The van der Waals surface area contributed by atoms with Crippen molar-refractivity contribution in [3.05, 3.63) is 56.7 Å². The number of fused-ring (bicyclic) bond motifs is 2. The molecular weight excluding hydrogens is 398 g/mol. The highest BCUT2D eigenvalue weighted by Crippen LogP contribution is 2.34. The van der Waals surface area contributed by atoms with E-state index < -0.39 is 0 Å². The zero-order valence-electron chi connectivity index (χ0n) is 14.6. The topological polar surface area (TPSA) is 80.8 Å². The van der Waals surface area contributed by atoms with E-state index in [2.05, 4.69) is 10.3 Å². The molecule has 2 aromatic heterocycles. The maximum atomic E-state index is 12.9. The lowest BCUT2D eigenvalue weighted by atomic mass is 10.1. The van der Waals surface area contributed by atoms with Crippen LogP contribution in [-0.2, 0) is 13.0 Å². The SMILES string of the molecule is O=C(Nc1nc2c(s1)CN(C(=O)c1ccc3c(c1)OCO3)CC2)c1cccs1. The van der Waals surface area contributed by atoms with Gasteiger partial charge in [0.2, 0.25) is 6.79 Å². The molecule has 0 radical (unpaired) electrons. The Hall–Kier alpha value is -2.91. The van der Waals surface area contributed by atoms with Gasteiger partial charge in [0.1, 0.15) is 0 Å². The van der Waals surface area contributed by atoms with Gasteiger partial charge in [0.05, 0.1) is 17.1 Å². The van der Waals surface area contributed by atoms with E-state index in [0.29, 0.717) is 46.6 Å². The minimum atomic E-state index is -0.158. The standard InChI is InChI=1S/C19H15N3O4S2/c23-17(15-2-1-7-27-15)21-19-20-12-5-6-22(9-16(12)28-19)18(24)11-3-4-13-14(8-11)26-10-25-13/h1-4,7-8H,5-6,9-10H2,(H,20,21,23). The Balaban J connectivity index is 1.30. The third kappa shape index (κ3) is 3.12. The number of benzene rings is 1. The number of hydrogen-bond acceptors (Lipinski definition) is 7. The molecule has 1 aromatic carbocycles. The summed E-state index contributed by atoms with van der Waals surface area (Å²) in [5, 5.41) is 5.28. The molecule has 2 aliphatic rings. The van der Waals surface area contributed by atoms with Crippen LogP contribution in [0.2, 0.25) is 0 Å². The van der Waals surface area contributed by atoms with Crippen molar-refractivity contribution in [3.63, 3.8) is 0 Å². The number of nitrogens with one attached hydrogen (secondary N) is 1. The van der Waals surface area contributed by atoms with Crippen molar-refractivity contribution in [2.75, 3.05) is 18.7 Å². The van der Waals surface area contributed by atoms with Gasteiger partial charge in [-0.1, -0.05) is 17.4 Å². The number of rotatable bonds is 3. The minimum absolute atomic E-state index is 0.0541. The molecule has 0 aliphatic carbocycles. The lowest BCUT2D eigenvalue weighted by molar-refractivity contribution is 0.0735. The fourth-order valence-corrected chi connectivity index (χ4v) is 4.84. The summed E-state index contributed by atoms with van der Waals surface area (Å²) in [4.78, 5) is 33.1. The normalized spacial score (nSPS) is 14.6. The lowest BCUT2D eigenvalue weighted by Crippen LogP contribution is -2.35. The molecule has 0 spiro atoms. The number of carbonyl (C=O) groups is 2. The number of thiazole rings is 1. The fourth-order valence-electron chi connectivity index (χ4n) is 3.20. The van der Waals surface area contributed by atoms with E-state index in [4.69, 9.17) is 9.47 Å². The maximum Gasteiger partial charge on any atom is 0.267 e. The van der Waals surface area contributed by atoms with Gasteiger partial charge in [0.15, 0.2) is 16.6 Å². The molecule has 0 unspecified atom stereocenters. The number of ether oxygens (including phenoxy) is 2. The first-order valence-corrected chi connectivity index (χ1v) is 10.4. The quantitative estimate of drug-likeness (QED) is 0.712. The van der Waals surface area contributed by atoms with E-state index in [1.54, 1.807) is 29.2 Å². The number of anilines is 1. The molecule has 7 nitrogen and oxygen atoms in total. The average Bonchev–Trinajstić information content (AvgIpc) is 3.45. The van der Waals surface area contributed by atoms with Gasteiger partial charge >= 0.3 is 0 Å². The Morgan fingerprint density at radius 3 is 2.93 bits per heavy atom. The van der Waals surface area contributed by atoms with Gasteiger partial charge in [-0.25, -0.2) is 4.98 Å². The molecule has 0 saturated heterocycles. The third-order valence-corrected chi connectivity index (χ3v) is 6.47. The second-order valence-electron chi connectivity index (χ2n) is 6.37. The summed E-state index contributed by atoms with van der Waals surface area (Å²) in [7, 11) is 0. The Kier molecular flexibility index (Phi) is 4.25. The second kappa shape index (κ2) is 6.92. The van der Waals surface area contributed by atoms with Crippen molar-refractivity contribution in [1.82, 2.24) is 9.88 Å². The van der Waals surface area contributed by atoms with Crippen LogP contribution in [0.25, 0.3) is 0 Å². The number of thiophene rings is 1. The van der Waals surface area contributed by atoms with Gasteiger partial charge in [0.25, 0.3) is 11.8 Å². The predicted molar refractivity (Wildman–Crippen MR) is 105 cm³/mol. The van der Waals surface area contributed by atoms with Crippen LogP contribution in [0.15, 0.2) is 35.7 Å². The fraction of sp³-hybridized carbons (Fsp3) is 0.211. The van der Waals surface area contributed by atoms with Gasteiger partial charge in [-0.15, -0.1) is 11.3 Å². The number of hydrogen-bond donors (Lipinski definition) is 1. The molecular formula is C19H15N3O4S2. The Bertz CT molecular complexity index is 1060. The highest BCUT2D eigenvalue weighted by molar-refractivity contribution is 7.16. The van der Waals surface area contributed by atoms with Gasteiger partial charge in [-0.3, -0.25) is 14.9 Å². The molecule has 9 heteroatoms. The molecule has 0 fully saturated rings. The van der Waals surface area contributed by atoms with Gasteiger partial charge in [-0.2, -0.15) is 0 Å². The van der Waals surface area contributed by atoms with Crippen LogP contribution in [0.5, 0.6) is 11.5 Å². The highest BCUT2D eigenvalue weighted by Gasteiger charge is 2.26. The Morgan fingerprint density at radius 2 is 2.07 bits per heavy atom. The molecule has 28 heavy (non-hydrogen) atoms. The summed E-state index contributed by atoms with van der Waals surface area (Å²) in [6, 6.07) is 8.85. The van der Waals surface area contributed by atoms with Crippen LogP contribution in [-0.4, -0.2) is 35.0 Å². The van der Waals surface area contributed by atoms with E-state index in [1.807, 2.05) is 11.4 Å². The van der Waals surface area contributed by atoms with Gasteiger partial charge in [-0.05, 0) is 29.6 Å². The van der Waals surface area contributed by atoms with E-state index in [-0.39, 0.29) is 18.6 Å². The number of carbonyl (C=O) groups excluding carboxylic acids is 2. The summed E-state index contributed by atoms with van der Waals surface area (Å²) < 4.78 is 10.7. The van der Waals surface area contributed by atoms with Crippen molar-refractivity contribution in [2.24, 2.45) is 0 Å². The maximum absolute atomic E-state index is 12.9. The first-order chi connectivity index (χ1) is 13.7. The van der Waals surface area contributed by atoms with Crippen LogP contribution < -0.4 is 14.8 Å². The average molecular weight is 413 g/mol. The molecule has 0 saturated carbocycles. The molecule has 1 N–H and O–H groups in total. The first-order valence-electron chi connectivity index (χ1n) is 8.70. The smallest absolute Gasteiger partial charge is 0.267 e. The first kappa shape index (κ1) is 17.2. The monoisotopic (exact) mass is 413 g/mol. The number of aromatic nitrogens is 1. The third-order valence-electron chi connectivity index (χ3n) is 4.60. The van der Waals surface area contributed by atoms with Crippen molar-refractivity contribution in [1.29, 1.82) is 0 Å². The molecule has 0 bridgehead atoms. The van der Waals surface area contributed by atoms with Crippen LogP contribution in [0.1, 0.15) is 30.6 Å². The Morgan fingerprint density at radius 1 is 1.18 bits per heavy atom. The summed E-state index contributed by atoms with van der Waals surface area (Å²) in [6.45, 7) is 1.25. The van der Waals surface area contributed by atoms with E-state index in [9.17, 15) is 9.59 Å². The summed E-state index contributed by atoms with van der Waals surface area (Å²) in [5.74, 6) is 1.04. The molecule has 0 atom stereocenters. The zero-order valence-corrected chi connectivity index (χ0v) is 16.3. The van der Waals surface area contributed by atoms with Crippen LogP contribution in [0.3, 0.4) is 0 Å². The minimum Gasteiger partial charge on any atom is -0.454 e. The molecule has 142 valence electrons. The van der Waals surface area contributed by atoms with Gasteiger partial charge in [0, 0.05) is 23.4 Å². The van der Waals surface area contributed by atoms with Crippen molar-refractivity contribution >= 4 is 39.6 Å². The van der Waals surface area contributed by atoms with Crippen molar-refractivity contribution in [3.8, 4) is 11.5 Å². The van der Waals surface area contributed by atoms with Gasteiger partial charge < -0.3 is 14.4 Å². The number of amides is 2. The molecule has 3 aromatic rings. The zero-order chi connectivity index (χ0) is 19.1. The largest absolute Gasteiger partial charge is 0.454 e. The molecule has 2 aliphatic heterocycles. The lowest BCUT2D eigenvalue weighted by Gasteiger charge is -2.26. The summed E-state index contributed by atoms with van der Waals surface area (Å²) >= 11 is 2.81. The Labute approximate surface area is 168 Å². The molecule has 4 heterocycles. The predicted octanol–water partition coefficient (Wildman–Crippen LogP) is 3.38. The van der Waals surface area contributed by atoms with Crippen LogP contribution >= 0.6 is 22.7 Å². The summed E-state index contributed by atoms with van der Waals surface area (Å²) in [5.41, 5.74) is 1.52. The van der Waals surface area contributed by atoms with Crippen molar-refractivity contribution in [2.45, 2.75) is 13.0 Å². The number of nitrogens with zero attached hydrogens (tertiary/aromatic N) is 2. The highest BCUT2D eigenvalue weighted by atomic mass is 32.1. The second-order valence-corrected chi connectivity index (χ2v) is 8.40. The van der Waals surface area contributed by atoms with E-state index >= 15 is 0 Å².